The zero-order chi connectivity index (χ0) is 32.3. The number of esters is 2. The number of carbonyl (C=O) groups excluding carboxylic acids is 3. The number of phenols is 1. The molecule has 242 valence electrons. The second-order valence-corrected chi connectivity index (χ2v) is 12.3. The van der Waals surface area contributed by atoms with Gasteiger partial charge in [-0.25, -0.2) is 13.2 Å². The summed E-state index contributed by atoms with van der Waals surface area (Å²) >= 11 is 0. The molecule has 1 fully saturated rings. The summed E-state index contributed by atoms with van der Waals surface area (Å²) in [6.07, 6.45) is 1.75. The monoisotopic (exact) mass is 634 g/mol. The molecule has 5 N–H and O–H groups in total. The fourth-order valence-electron chi connectivity index (χ4n) is 4.83. The predicted octanol–water partition coefficient (Wildman–Crippen LogP) is 2.06. The summed E-state index contributed by atoms with van der Waals surface area (Å²) in [5.41, 5.74) is 1.79. The third-order valence-corrected chi connectivity index (χ3v) is 7.70. The Morgan fingerprint density at radius 3 is 2.30 bits per heavy atom. The largest absolute Gasteiger partial charge is 0.506 e. The van der Waals surface area contributed by atoms with Crippen LogP contribution in [0.15, 0.2) is 42.5 Å². The summed E-state index contributed by atoms with van der Waals surface area (Å²) in [5, 5.41) is 26.6. The molecule has 2 aromatic carbocycles. The molecule has 3 rings (SSSR count). The fourth-order valence-corrected chi connectivity index (χ4v) is 5.40. The molecule has 1 heterocycles. The highest BCUT2D eigenvalue weighted by molar-refractivity contribution is 7.92. The van der Waals surface area contributed by atoms with Gasteiger partial charge in [0, 0.05) is 43.3 Å². The number of piperidine rings is 1. The van der Waals surface area contributed by atoms with Crippen LogP contribution in [0.5, 0.6) is 5.75 Å². The summed E-state index contributed by atoms with van der Waals surface area (Å²) in [7, 11) is -3.59. The van der Waals surface area contributed by atoms with E-state index in [0.717, 1.165) is 37.9 Å². The molecule has 0 unspecified atom stereocenters. The normalized spacial score (nSPS) is 15.2. The lowest BCUT2D eigenvalue weighted by atomic mass is 10.0. The van der Waals surface area contributed by atoms with Gasteiger partial charge in [0.15, 0.2) is 0 Å². The Hall–Kier alpha value is -3.88. The van der Waals surface area contributed by atoms with E-state index >= 15 is 0 Å². The highest BCUT2D eigenvalue weighted by Crippen LogP contribution is 2.28. The van der Waals surface area contributed by atoms with Crippen LogP contribution in [0.3, 0.4) is 0 Å². The Morgan fingerprint density at radius 2 is 1.68 bits per heavy atom. The van der Waals surface area contributed by atoms with Gasteiger partial charge in [0.1, 0.15) is 11.8 Å². The van der Waals surface area contributed by atoms with Crippen LogP contribution in [0.2, 0.25) is 0 Å². The van der Waals surface area contributed by atoms with Crippen LogP contribution in [0, 0.1) is 0 Å². The number of hydrogen-bond acceptors (Lipinski definition) is 11. The van der Waals surface area contributed by atoms with Gasteiger partial charge in [-0.2, -0.15) is 0 Å². The average Bonchev–Trinajstić information content (AvgIpc) is 2.99. The molecule has 1 amide bonds. The van der Waals surface area contributed by atoms with E-state index < -0.39 is 40.0 Å². The fraction of sp³-hybridized carbons (Fsp3) is 0.500. The first-order valence-electron chi connectivity index (χ1n) is 14.6. The highest BCUT2D eigenvalue weighted by Gasteiger charge is 2.25. The van der Waals surface area contributed by atoms with Gasteiger partial charge in [-0.05, 0) is 75.1 Å². The highest BCUT2D eigenvalue weighted by atomic mass is 32.2. The van der Waals surface area contributed by atoms with Gasteiger partial charge < -0.3 is 35.2 Å². The first-order valence-corrected chi connectivity index (χ1v) is 16.5. The van der Waals surface area contributed by atoms with E-state index in [4.69, 9.17) is 9.47 Å². The number of nitrogens with one attached hydrogen (secondary N) is 3. The third-order valence-electron chi connectivity index (χ3n) is 7.11. The minimum atomic E-state index is -3.59. The minimum Gasteiger partial charge on any atom is -0.506 e. The molecule has 13 nitrogen and oxygen atoms in total. The molecule has 44 heavy (non-hydrogen) atoms. The number of aliphatic hydroxyl groups is 1. The molecule has 1 aliphatic heterocycles. The zero-order valence-corrected chi connectivity index (χ0v) is 26.1. The van der Waals surface area contributed by atoms with Crippen LogP contribution in [0.1, 0.15) is 61.6 Å². The quantitative estimate of drug-likeness (QED) is 0.143. The summed E-state index contributed by atoms with van der Waals surface area (Å²) in [4.78, 5) is 39.2. The van der Waals surface area contributed by atoms with Crippen molar-refractivity contribution < 1.29 is 42.5 Å². The van der Waals surface area contributed by atoms with Crippen molar-refractivity contribution in [2.45, 2.75) is 57.7 Å². The number of aliphatic hydroxyl groups excluding tert-OH is 1. The Labute approximate surface area is 258 Å². The van der Waals surface area contributed by atoms with Crippen molar-refractivity contribution in [2.24, 2.45) is 0 Å². The van der Waals surface area contributed by atoms with Crippen LogP contribution in [0.25, 0.3) is 0 Å². The molecule has 0 bridgehead atoms. The van der Waals surface area contributed by atoms with Gasteiger partial charge in [0.25, 0.3) is 5.91 Å². The third kappa shape index (κ3) is 10.7. The van der Waals surface area contributed by atoms with E-state index in [-0.39, 0.29) is 50.1 Å². The molecule has 0 radical (unpaired) electrons. The number of benzene rings is 2. The maximum absolute atomic E-state index is 12.9. The molecule has 0 saturated carbocycles. The van der Waals surface area contributed by atoms with Gasteiger partial charge >= 0.3 is 11.9 Å². The predicted molar refractivity (Wildman–Crippen MR) is 165 cm³/mol. The molecule has 0 aromatic heterocycles. The smallest absolute Gasteiger partial charge is 0.328 e. The van der Waals surface area contributed by atoms with Gasteiger partial charge in [0.05, 0.1) is 31.3 Å². The maximum Gasteiger partial charge on any atom is 0.328 e. The number of carbonyl (C=O) groups is 3. The van der Waals surface area contributed by atoms with Crippen molar-refractivity contribution in [1.82, 2.24) is 10.6 Å². The molecule has 0 aliphatic carbocycles. The topological polar surface area (TPSA) is 184 Å². The summed E-state index contributed by atoms with van der Waals surface area (Å²) in [5.74, 6) is -1.74. The van der Waals surface area contributed by atoms with Crippen molar-refractivity contribution in [2.75, 3.05) is 48.7 Å². The van der Waals surface area contributed by atoms with E-state index in [2.05, 4.69) is 20.3 Å². The first kappa shape index (κ1) is 34.6. The summed E-state index contributed by atoms with van der Waals surface area (Å²) < 4.78 is 35.3. The molecular weight excluding hydrogens is 592 g/mol. The van der Waals surface area contributed by atoms with Crippen LogP contribution in [0.4, 0.5) is 11.4 Å². The van der Waals surface area contributed by atoms with E-state index in [1.54, 1.807) is 32.0 Å². The summed E-state index contributed by atoms with van der Waals surface area (Å²) in [6.45, 7) is 5.49. The van der Waals surface area contributed by atoms with Gasteiger partial charge in [0.2, 0.25) is 10.0 Å². The lowest BCUT2D eigenvalue weighted by Crippen LogP contribution is -2.43. The van der Waals surface area contributed by atoms with Crippen molar-refractivity contribution >= 4 is 39.2 Å². The number of rotatable bonds is 15. The lowest BCUT2D eigenvalue weighted by Gasteiger charge is -2.34. The number of ether oxygens (including phenoxy) is 2. The molecule has 1 saturated heterocycles. The minimum absolute atomic E-state index is 0.00803. The Balaban J connectivity index is 1.50. The molecular formula is C30H42N4O9S. The van der Waals surface area contributed by atoms with E-state index in [9.17, 15) is 33.0 Å². The van der Waals surface area contributed by atoms with Crippen LogP contribution < -0.4 is 20.3 Å². The number of amides is 1. The number of phenolic OH excluding ortho intramolecular Hbond substituents is 1. The van der Waals surface area contributed by atoms with Gasteiger partial charge in [-0.1, -0.05) is 6.07 Å². The van der Waals surface area contributed by atoms with Gasteiger partial charge in [-0.15, -0.1) is 0 Å². The van der Waals surface area contributed by atoms with Crippen molar-refractivity contribution in [3.63, 3.8) is 0 Å². The average molecular weight is 635 g/mol. The Morgan fingerprint density at radius 1 is 1.02 bits per heavy atom. The van der Waals surface area contributed by atoms with Crippen molar-refractivity contribution in [1.29, 1.82) is 0 Å². The standard InChI is InChI=1S/C30H42N4O9S/c1-4-42-28(37)13-11-24(30(39)43-5-2)32-29(38)20-6-9-23(10-7-20)34-16-14-22(15-17-34)31-19-27(36)21-8-12-26(35)25(18-21)33-44(3,40)41/h6-10,12,18,22,24,27,31,33,35-36H,4-5,11,13-17,19H2,1-3H3,(H,32,38)/t24-,27-/m0/s1. The summed E-state index contributed by atoms with van der Waals surface area (Å²) in [6, 6.07) is 10.5. The first-order chi connectivity index (χ1) is 20.9. The van der Waals surface area contributed by atoms with E-state index in [0.29, 0.717) is 11.1 Å². The Kier molecular flexibility index (Phi) is 12.8. The molecule has 2 atom stereocenters. The van der Waals surface area contributed by atoms with Crippen molar-refractivity contribution in [3.05, 3.63) is 53.6 Å². The maximum atomic E-state index is 12.9. The van der Waals surface area contributed by atoms with Crippen LogP contribution >= 0.6 is 0 Å². The number of anilines is 2. The van der Waals surface area contributed by atoms with E-state index in [1.165, 1.54) is 12.1 Å². The molecule has 0 spiro atoms. The second-order valence-electron chi connectivity index (χ2n) is 10.5. The lowest BCUT2D eigenvalue weighted by molar-refractivity contribution is -0.146. The second kappa shape index (κ2) is 16.3. The number of hydrogen-bond donors (Lipinski definition) is 5. The molecule has 14 heteroatoms. The van der Waals surface area contributed by atoms with Crippen molar-refractivity contribution in [3.8, 4) is 5.75 Å². The Bertz CT molecular complexity index is 1380. The molecule has 1 aliphatic rings. The SMILES string of the molecule is CCOC(=O)CC[C@H](NC(=O)c1ccc(N2CCC(NC[C@H](O)c3ccc(O)c(NS(C)(=O)=O)c3)CC2)cc1)C(=O)OCC. The van der Waals surface area contributed by atoms with Crippen LogP contribution in [-0.4, -0.2) is 87.7 Å². The number of nitrogens with zero attached hydrogens (tertiary/aromatic N) is 1. The molecule has 2 aromatic rings. The van der Waals surface area contributed by atoms with E-state index in [1.807, 2.05) is 12.1 Å². The number of aromatic hydroxyl groups is 1. The number of sulfonamides is 1. The zero-order valence-electron chi connectivity index (χ0n) is 25.2. The van der Waals surface area contributed by atoms with Gasteiger partial charge in [-0.3, -0.25) is 14.3 Å². The van der Waals surface area contributed by atoms with Crippen LogP contribution in [-0.2, 0) is 29.1 Å².